The van der Waals surface area contributed by atoms with Crippen molar-refractivity contribution in [2.75, 3.05) is 7.05 Å². The molecular weight excluding hydrogens is 389 g/mol. The van der Waals surface area contributed by atoms with Gasteiger partial charge in [-0.05, 0) is 46.4 Å². The van der Waals surface area contributed by atoms with Gasteiger partial charge in [0.15, 0.2) is 0 Å². The van der Waals surface area contributed by atoms with Crippen LogP contribution in [0.3, 0.4) is 0 Å². The molecule has 0 aliphatic heterocycles. The number of thiophene rings is 1. The summed E-state index contributed by atoms with van der Waals surface area (Å²) in [5.41, 5.74) is 1.83. The fraction of sp³-hybridized carbons (Fsp3) is 0.143. The topological polar surface area (TPSA) is 57.6 Å². The third kappa shape index (κ3) is 3.57. The monoisotopic (exact) mass is 401 g/mol. The van der Waals surface area contributed by atoms with E-state index in [2.05, 4.69) is 22.6 Å². The maximum Gasteiger partial charge on any atom is 0.335 e. The molecule has 1 heterocycles. The van der Waals surface area contributed by atoms with Crippen molar-refractivity contribution in [3.05, 3.63) is 55.3 Å². The van der Waals surface area contributed by atoms with E-state index in [9.17, 15) is 9.59 Å². The molecule has 0 saturated heterocycles. The molecule has 2 rings (SSSR count). The number of amides is 1. The first-order chi connectivity index (χ1) is 9.47. The Morgan fingerprint density at radius 3 is 2.40 bits per heavy atom. The summed E-state index contributed by atoms with van der Waals surface area (Å²) in [7, 11) is 1.73. The van der Waals surface area contributed by atoms with Crippen molar-refractivity contribution >= 4 is 45.8 Å². The van der Waals surface area contributed by atoms with Gasteiger partial charge in [0.1, 0.15) is 0 Å². The zero-order valence-electron chi connectivity index (χ0n) is 10.7. The number of carbonyl (C=O) groups excluding carboxylic acids is 1. The summed E-state index contributed by atoms with van der Waals surface area (Å²) >= 11 is 3.72. The Morgan fingerprint density at radius 2 is 1.90 bits per heavy atom. The van der Waals surface area contributed by atoms with Gasteiger partial charge in [-0.25, -0.2) is 4.79 Å². The first kappa shape index (κ1) is 15.0. The van der Waals surface area contributed by atoms with Gasteiger partial charge in [-0.2, -0.15) is 0 Å². The summed E-state index contributed by atoms with van der Waals surface area (Å²) in [4.78, 5) is 24.6. The SMILES string of the molecule is CN(Cc1ccc(C(=O)O)cc1)C(=O)c1csc(I)c1. The highest BCUT2D eigenvalue weighted by atomic mass is 127. The van der Waals surface area contributed by atoms with Gasteiger partial charge in [0.2, 0.25) is 0 Å². The Kier molecular flexibility index (Phi) is 4.77. The van der Waals surface area contributed by atoms with E-state index >= 15 is 0 Å². The largest absolute Gasteiger partial charge is 0.478 e. The zero-order valence-corrected chi connectivity index (χ0v) is 13.6. The van der Waals surface area contributed by atoms with Crippen molar-refractivity contribution in [2.24, 2.45) is 0 Å². The number of carboxylic acid groups (broad SMARTS) is 1. The molecule has 1 N–H and O–H groups in total. The van der Waals surface area contributed by atoms with Crippen LogP contribution in [-0.2, 0) is 6.54 Å². The van der Waals surface area contributed by atoms with E-state index in [1.807, 2.05) is 11.4 Å². The van der Waals surface area contributed by atoms with Gasteiger partial charge in [-0.3, -0.25) is 4.79 Å². The third-order valence-corrected chi connectivity index (χ3v) is 4.57. The molecule has 0 spiro atoms. The molecule has 0 unspecified atom stereocenters. The van der Waals surface area contributed by atoms with Crippen molar-refractivity contribution < 1.29 is 14.7 Å². The van der Waals surface area contributed by atoms with E-state index in [4.69, 9.17) is 5.11 Å². The highest BCUT2D eigenvalue weighted by Gasteiger charge is 2.13. The summed E-state index contributed by atoms with van der Waals surface area (Å²) in [5, 5.41) is 10.7. The second-order valence-corrected chi connectivity index (χ2v) is 7.11. The molecule has 4 nitrogen and oxygen atoms in total. The second-order valence-electron chi connectivity index (χ2n) is 4.30. The number of aromatic carboxylic acids is 1. The van der Waals surface area contributed by atoms with Crippen molar-refractivity contribution in [1.82, 2.24) is 4.90 Å². The van der Waals surface area contributed by atoms with Crippen LogP contribution in [0, 0.1) is 2.88 Å². The molecule has 20 heavy (non-hydrogen) atoms. The van der Waals surface area contributed by atoms with E-state index in [0.29, 0.717) is 12.1 Å². The molecule has 1 amide bonds. The molecule has 0 atom stereocenters. The molecule has 2 aromatic rings. The van der Waals surface area contributed by atoms with Crippen LogP contribution in [0.2, 0.25) is 0 Å². The van der Waals surface area contributed by atoms with Gasteiger partial charge in [0.05, 0.1) is 14.0 Å². The number of carbonyl (C=O) groups is 2. The lowest BCUT2D eigenvalue weighted by Crippen LogP contribution is -2.25. The summed E-state index contributed by atoms with van der Waals surface area (Å²) in [6.45, 7) is 0.450. The maximum atomic E-state index is 12.2. The first-order valence-corrected chi connectivity index (χ1v) is 7.75. The van der Waals surface area contributed by atoms with E-state index in [0.717, 1.165) is 8.45 Å². The average Bonchev–Trinajstić information content (AvgIpc) is 2.85. The third-order valence-electron chi connectivity index (χ3n) is 2.78. The van der Waals surface area contributed by atoms with Crippen molar-refractivity contribution in [3.63, 3.8) is 0 Å². The predicted octanol–water partition coefficient (Wildman–Crippen LogP) is 3.32. The lowest BCUT2D eigenvalue weighted by molar-refractivity contribution is 0.0695. The molecule has 6 heteroatoms. The van der Waals surface area contributed by atoms with Gasteiger partial charge in [0.25, 0.3) is 5.91 Å². The number of hydrogen-bond donors (Lipinski definition) is 1. The maximum absolute atomic E-state index is 12.2. The van der Waals surface area contributed by atoms with Crippen LogP contribution >= 0.6 is 33.9 Å². The van der Waals surface area contributed by atoms with Crippen molar-refractivity contribution in [2.45, 2.75) is 6.54 Å². The Hall–Kier alpha value is -1.41. The summed E-state index contributed by atoms with van der Waals surface area (Å²) in [5.74, 6) is -0.986. The van der Waals surface area contributed by atoms with E-state index in [-0.39, 0.29) is 11.5 Å². The van der Waals surface area contributed by atoms with Crippen LogP contribution in [0.5, 0.6) is 0 Å². The molecule has 0 aliphatic rings. The van der Waals surface area contributed by atoms with Crippen LogP contribution in [0.4, 0.5) is 0 Å². The first-order valence-electron chi connectivity index (χ1n) is 5.79. The van der Waals surface area contributed by atoms with Crippen LogP contribution in [0.15, 0.2) is 35.7 Å². The minimum absolute atomic E-state index is 0.0357. The predicted molar refractivity (Wildman–Crippen MR) is 86.2 cm³/mol. The molecule has 104 valence electrons. The quantitative estimate of drug-likeness (QED) is 0.800. The van der Waals surface area contributed by atoms with E-state index in [1.54, 1.807) is 36.2 Å². The van der Waals surface area contributed by atoms with Gasteiger partial charge in [-0.1, -0.05) is 12.1 Å². The van der Waals surface area contributed by atoms with Gasteiger partial charge >= 0.3 is 5.97 Å². The molecule has 0 aliphatic carbocycles. The van der Waals surface area contributed by atoms with Gasteiger partial charge in [-0.15, -0.1) is 11.3 Å². The van der Waals surface area contributed by atoms with Crippen LogP contribution < -0.4 is 0 Å². The highest BCUT2D eigenvalue weighted by molar-refractivity contribution is 14.1. The van der Waals surface area contributed by atoms with Gasteiger partial charge < -0.3 is 10.0 Å². The molecule has 1 aromatic heterocycles. The lowest BCUT2D eigenvalue weighted by Gasteiger charge is -2.16. The highest BCUT2D eigenvalue weighted by Crippen LogP contribution is 2.18. The molecule has 1 aromatic carbocycles. The Bertz CT molecular complexity index is 636. The van der Waals surface area contributed by atoms with E-state index < -0.39 is 5.97 Å². The minimum atomic E-state index is -0.950. The van der Waals surface area contributed by atoms with Crippen molar-refractivity contribution in [3.8, 4) is 0 Å². The molecule has 0 fully saturated rings. The second kappa shape index (κ2) is 6.36. The average molecular weight is 401 g/mol. The van der Waals surface area contributed by atoms with Crippen LogP contribution in [0.1, 0.15) is 26.3 Å². The summed E-state index contributed by atoms with van der Waals surface area (Å²) in [6.07, 6.45) is 0. The molecule has 0 saturated carbocycles. The van der Waals surface area contributed by atoms with Gasteiger partial charge in [0, 0.05) is 19.0 Å². The minimum Gasteiger partial charge on any atom is -0.478 e. The Morgan fingerprint density at radius 1 is 1.25 bits per heavy atom. The fourth-order valence-corrected chi connectivity index (χ4v) is 3.06. The molecular formula is C14H12INO3S. The molecule has 0 radical (unpaired) electrons. The smallest absolute Gasteiger partial charge is 0.335 e. The summed E-state index contributed by atoms with van der Waals surface area (Å²) in [6, 6.07) is 8.40. The summed E-state index contributed by atoms with van der Waals surface area (Å²) < 4.78 is 1.07. The fourth-order valence-electron chi connectivity index (χ4n) is 1.74. The number of benzene rings is 1. The molecule has 0 bridgehead atoms. The normalized spacial score (nSPS) is 10.3. The zero-order chi connectivity index (χ0) is 14.7. The Balaban J connectivity index is 2.05. The number of nitrogens with zero attached hydrogens (tertiary/aromatic N) is 1. The van der Waals surface area contributed by atoms with Crippen molar-refractivity contribution in [1.29, 1.82) is 0 Å². The standard InChI is InChI=1S/C14H12INO3S/c1-16(13(17)11-6-12(15)20-8-11)7-9-2-4-10(5-3-9)14(18)19/h2-6,8H,7H2,1H3,(H,18,19). The van der Waals surface area contributed by atoms with E-state index in [1.165, 1.54) is 11.3 Å². The van der Waals surface area contributed by atoms with Crippen LogP contribution in [-0.4, -0.2) is 28.9 Å². The lowest BCUT2D eigenvalue weighted by atomic mass is 10.1. The number of carboxylic acids is 1. The Labute approximate surface area is 134 Å². The number of halogens is 1. The number of hydrogen-bond acceptors (Lipinski definition) is 3. The number of rotatable bonds is 4. The van der Waals surface area contributed by atoms with Crippen LogP contribution in [0.25, 0.3) is 0 Å².